The summed E-state index contributed by atoms with van der Waals surface area (Å²) >= 11 is 3.35. The number of aryl methyl sites for hydroxylation is 2. The maximum atomic E-state index is 11.0. The molecule has 12 atom stereocenters. The van der Waals surface area contributed by atoms with Gasteiger partial charge in [-0.3, -0.25) is 0 Å². The molecular formula is C82H98BrN21O6. The van der Waals surface area contributed by atoms with Gasteiger partial charge in [-0.2, -0.15) is 15.8 Å². The van der Waals surface area contributed by atoms with Gasteiger partial charge in [0.15, 0.2) is 11.6 Å². The Kier molecular flexibility index (Phi) is 23.1. The van der Waals surface area contributed by atoms with Gasteiger partial charge in [0, 0.05) is 44.6 Å². The zero-order valence-corrected chi connectivity index (χ0v) is 61.2. The molecule has 0 unspecified atom stereocenters. The standard InChI is InChI=1S/C27H29N7O2.C24H25N7O2.C17H22N4O2.C10H6BrN3.4CH4/c1-26(2)35-21-20(34-9-7-18-24(30)31-14-32-25(18)34)12-27(3,22(21)36-26)8-6-15-4-5-16-11-17(13-28)23(29)33-19(16)10-15;1-24(6-4-13-2-3-14-9-15(11-25)21(26)30-17(14)8-13)10-18(19(32)20(24)33)31-7-5-16-22(27)28-12-29-23(16)31;1-5-17(4)8-11(12-13(17)23-16(2,3)22-12)21-7-6-10-14(18)19-9-20-15(10)21;11-8-2-1-6-3-7(5-12)10(13)14-9(6)4-8;;;;/h4-5,7,9-11,14,20-22H,6,8,12H2,1-3H3,(H2,29,33)(H2,30,31,32);2-3,5,7-9,12,18-20,32-33H,4,6,10H2,1H3,(H2,26,30)(H2,27,28,29);5-7,9,11-13H,1,8H2,2-4H3,(H2,18,19,20);1-4H,(H2,13,14);4*1H4/t20-,21+,22+,27+;18-,19+,20+,24+;11-,12+,13+,17+;;;;;/m111...../s1. The predicted molar refractivity (Wildman–Crippen MR) is 435 cm³/mol. The van der Waals surface area contributed by atoms with Gasteiger partial charge in [0.05, 0.1) is 85.8 Å². The molecule has 5 aliphatic rings. The number of pyridine rings is 3. The number of halogens is 1. The fraction of sp³-hybridized carbons (Fsp3) is 0.390. The van der Waals surface area contributed by atoms with E-state index in [1.165, 1.54) is 24.5 Å². The molecule has 14 N–H and O–H groups in total. The van der Waals surface area contributed by atoms with Crippen LogP contribution < -0.4 is 34.4 Å². The fourth-order valence-electron chi connectivity index (χ4n) is 16.2. The number of rotatable bonds is 10. The first kappa shape index (κ1) is 81.5. The molecule has 12 aromatic rings. The molecule has 2 saturated heterocycles. The van der Waals surface area contributed by atoms with E-state index in [0.29, 0.717) is 59.1 Å². The van der Waals surface area contributed by atoms with Crippen LogP contribution in [-0.4, -0.2) is 117 Å². The number of nitrogen functional groups attached to an aromatic ring is 6. The number of anilines is 6. The third kappa shape index (κ3) is 15.1. The third-order valence-corrected chi connectivity index (χ3v) is 22.4. The highest BCUT2D eigenvalue weighted by atomic mass is 79.9. The first-order chi connectivity index (χ1) is 50.5. The van der Waals surface area contributed by atoms with Crippen LogP contribution in [0.3, 0.4) is 0 Å². The Labute approximate surface area is 648 Å². The Balaban J connectivity index is 0.000000161. The second-order valence-corrected chi connectivity index (χ2v) is 30.9. The maximum absolute atomic E-state index is 11.0. The van der Waals surface area contributed by atoms with Crippen LogP contribution in [-0.2, 0) is 31.8 Å². The number of fused-ring (bicyclic) bond motifs is 8. The molecule has 0 spiro atoms. The topological polar surface area (TPSA) is 436 Å². The highest BCUT2D eigenvalue weighted by Crippen LogP contribution is 2.57. The van der Waals surface area contributed by atoms with Crippen molar-refractivity contribution < 1.29 is 29.2 Å². The number of aliphatic hydroxyl groups is 2. The Morgan fingerprint density at radius 1 is 0.482 bits per heavy atom. The van der Waals surface area contributed by atoms with E-state index < -0.39 is 29.2 Å². The Morgan fingerprint density at radius 2 is 0.855 bits per heavy atom. The molecule has 28 heteroatoms. The molecule has 110 heavy (non-hydrogen) atoms. The molecule has 0 amide bonds. The number of nitriles is 3. The number of hydrogen-bond donors (Lipinski definition) is 8. The van der Waals surface area contributed by atoms with Crippen LogP contribution in [0.25, 0.3) is 65.8 Å². The summed E-state index contributed by atoms with van der Waals surface area (Å²) < 4.78 is 32.5. The molecule has 2 aliphatic heterocycles. The average Bonchev–Trinajstić information content (AvgIpc) is 1.57. The first-order valence-corrected chi connectivity index (χ1v) is 35.7. The lowest BCUT2D eigenvalue weighted by atomic mass is 9.80. The van der Waals surface area contributed by atoms with Crippen LogP contribution in [0.5, 0.6) is 0 Å². The van der Waals surface area contributed by atoms with Gasteiger partial charge in [-0.15, -0.1) is 6.58 Å². The third-order valence-electron chi connectivity index (χ3n) is 21.9. The van der Waals surface area contributed by atoms with Crippen molar-refractivity contribution in [2.24, 2.45) is 16.2 Å². The zero-order valence-electron chi connectivity index (χ0n) is 59.6. The van der Waals surface area contributed by atoms with Crippen LogP contribution in [0, 0.1) is 50.2 Å². The number of aliphatic hydroxyl groups excluding tert-OH is 2. The molecule has 574 valence electrons. The van der Waals surface area contributed by atoms with E-state index in [-0.39, 0.29) is 101 Å². The number of aromatic nitrogens is 12. The zero-order chi connectivity index (χ0) is 75.1. The van der Waals surface area contributed by atoms with Crippen molar-refractivity contribution in [3.8, 4) is 18.2 Å². The minimum absolute atomic E-state index is 0. The van der Waals surface area contributed by atoms with Crippen LogP contribution in [0.1, 0.15) is 156 Å². The van der Waals surface area contributed by atoms with Gasteiger partial charge in [-0.05, 0) is 155 Å². The molecular weight excluding hydrogens is 1450 g/mol. The van der Waals surface area contributed by atoms with Crippen molar-refractivity contribution in [1.82, 2.24) is 58.6 Å². The summed E-state index contributed by atoms with van der Waals surface area (Å²) in [6, 6.07) is 34.8. The van der Waals surface area contributed by atoms with Crippen LogP contribution in [0.4, 0.5) is 34.9 Å². The summed E-state index contributed by atoms with van der Waals surface area (Å²) in [5.41, 5.74) is 42.7. The lowest BCUT2D eigenvalue weighted by molar-refractivity contribution is -0.168. The first-order valence-electron chi connectivity index (χ1n) is 34.9. The summed E-state index contributed by atoms with van der Waals surface area (Å²) in [4.78, 5) is 38.4. The van der Waals surface area contributed by atoms with Crippen molar-refractivity contribution in [2.45, 2.75) is 189 Å². The summed E-state index contributed by atoms with van der Waals surface area (Å²) in [5, 5.41) is 54.2. The SMILES string of the molecule is C.C.C.C.C=C[C@@]1(C)C[C@@H](n2ccc3c(N)ncnc32)[C@@H]2OC(C)(C)O[C@@H]21.CC1(C)O[C@H]2[C@H](n3ccc4c(N)ncnc43)C[C@](C)(CCc3ccc4cc(C#N)c(N)nc4c3)[C@H]2O1.C[C@]1(CCc2ccc3cc(C#N)c(N)nc3c2)C[C@@H](n2ccc3c(N)ncnc32)[C@H](O)[C@@H]1O.N#Cc1cc2ccc(Br)cc2nc1N. The van der Waals surface area contributed by atoms with Crippen LogP contribution in [0.2, 0.25) is 0 Å². The van der Waals surface area contributed by atoms with Gasteiger partial charge >= 0.3 is 0 Å². The summed E-state index contributed by atoms with van der Waals surface area (Å²) in [6.07, 6.45) is 15.8. The van der Waals surface area contributed by atoms with E-state index >= 15 is 0 Å². The largest absolute Gasteiger partial charge is 0.390 e. The van der Waals surface area contributed by atoms with Crippen molar-refractivity contribution in [3.05, 3.63) is 174 Å². The lowest BCUT2D eigenvalue weighted by Crippen LogP contribution is -2.35. The van der Waals surface area contributed by atoms with Crippen molar-refractivity contribution in [2.75, 3.05) is 34.4 Å². The second-order valence-electron chi connectivity index (χ2n) is 30.0. The smallest absolute Gasteiger partial charge is 0.163 e. The normalized spacial score (nSPS) is 25.0. The summed E-state index contributed by atoms with van der Waals surface area (Å²) in [5.74, 6) is 0.878. The number of nitrogens with two attached hydrogens (primary N) is 6. The molecule has 5 fully saturated rings. The van der Waals surface area contributed by atoms with E-state index in [9.17, 15) is 15.5 Å². The van der Waals surface area contributed by atoms with Gasteiger partial charge in [0.25, 0.3) is 0 Å². The summed E-state index contributed by atoms with van der Waals surface area (Å²) in [6.45, 7) is 18.4. The van der Waals surface area contributed by atoms with E-state index in [4.69, 9.17) is 63.9 Å². The molecule has 27 nitrogen and oxygen atoms in total. The number of benzene rings is 3. The molecule has 0 radical (unpaired) electrons. The van der Waals surface area contributed by atoms with Gasteiger partial charge in [-0.25, -0.2) is 44.9 Å². The molecule has 3 saturated carbocycles. The van der Waals surface area contributed by atoms with Crippen molar-refractivity contribution in [3.63, 3.8) is 0 Å². The Morgan fingerprint density at radius 3 is 1.28 bits per heavy atom. The monoisotopic (exact) mass is 1550 g/mol. The van der Waals surface area contributed by atoms with Crippen LogP contribution >= 0.6 is 15.9 Å². The highest BCUT2D eigenvalue weighted by Gasteiger charge is 2.61. The van der Waals surface area contributed by atoms with Crippen molar-refractivity contribution >= 4 is 117 Å². The minimum Gasteiger partial charge on any atom is -0.390 e. The quantitative estimate of drug-likeness (QED) is 0.0590. The lowest BCUT2D eigenvalue weighted by Gasteiger charge is -2.32. The molecule has 11 heterocycles. The summed E-state index contributed by atoms with van der Waals surface area (Å²) in [7, 11) is 0. The second kappa shape index (κ2) is 31.2. The molecule has 9 aromatic heterocycles. The Hall–Kier alpha value is -11.0. The Bertz CT molecular complexity index is 5590. The molecule has 3 aliphatic carbocycles. The van der Waals surface area contributed by atoms with Gasteiger partial charge in [-0.1, -0.05) is 103 Å². The molecule has 3 aromatic carbocycles. The van der Waals surface area contributed by atoms with E-state index in [1.807, 2.05) is 131 Å². The molecule has 17 rings (SSSR count). The predicted octanol–water partition coefficient (Wildman–Crippen LogP) is 14.1. The minimum atomic E-state index is -0.927. The van der Waals surface area contributed by atoms with Crippen molar-refractivity contribution in [1.29, 1.82) is 15.8 Å². The highest BCUT2D eigenvalue weighted by molar-refractivity contribution is 9.10. The van der Waals surface area contributed by atoms with E-state index in [0.717, 1.165) is 95.9 Å². The van der Waals surface area contributed by atoms with E-state index in [2.05, 4.69) is 115 Å². The fourth-order valence-corrected chi connectivity index (χ4v) is 16.6. The number of ether oxygens (including phenoxy) is 4. The number of nitrogens with zero attached hydrogens (tertiary/aromatic N) is 15. The van der Waals surface area contributed by atoms with Crippen LogP contribution in [0.15, 0.2) is 146 Å². The van der Waals surface area contributed by atoms with Gasteiger partial charge in [0.2, 0.25) is 0 Å². The van der Waals surface area contributed by atoms with E-state index in [1.54, 1.807) is 18.2 Å². The maximum Gasteiger partial charge on any atom is 0.163 e. The van der Waals surface area contributed by atoms with Gasteiger partial charge < -0.3 is 77.3 Å². The number of hydrogen-bond acceptors (Lipinski definition) is 24. The molecule has 0 bridgehead atoms. The van der Waals surface area contributed by atoms with Gasteiger partial charge in [0.1, 0.15) is 107 Å². The average molecular weight is 1550 g/mol.